The Hall–Kier alpha value is -0.0800. The van der Waals surface area contributed by atoms with Crippen LogP contribution in [0.3, 0.4) is 0 Å². The van der Waals surface area contributed by atoms with Crippen LogP contribution in [0.25, 0.3) is 0 Å². The summed E-state index contributed by atoms with van der Waals surface area (Å²) in [6, 6.07) is 0. The van der Waals surface area contributed by atoms with E-state index in [4.69, 9.17) is 5.84 Å². The van der Waals surface area contributed by atoms with Crippen LogP contribution in [0, 0.1) is 0 Å². The van der Waals surface area contributed by atoms with Gasteiger partial charge in [-0.05, 0) is 12.8 Å². The average Bonchev–Trinajstić information content (AvgIpc) is 2.06. The summed E-state index contributed by atoms with van der Waals surface area (Å²) >= 11 is 0. The lowest BCUT2D eigenvalue weighted by atomic mass is 10.2. The molecule has 0 unspecified atom stereocenters. The average molecular weight is 172 g/mol. The van der Waals surface area contributed by atoms with Gasteiger partial charge < -0.3 is 0 Å². The molecule has 0 heterocycles. The predicted octanol–water partition coefficient (Wildman–Crippen LogP) is 2.54. The summed E-state index contributed by atoms with van der Waals surface area (Å²) in [7, 11) is 0. The number of nitrogens with two attached hydrogens (primary N) is 1. The summed E-state index contributed by atoms with van der Waals surface area (Å²) in [6.45, 7) is 6.57. The van der Waals surface area contributed by atoms with Gasteiger partial charge in [-0.3, -0.25) is 5.84 Å². The Morgan fingerprint density at radius 2 is 1.25 bits per heavy atom. The van der Waals surface area contributed by atoms with Crippen LogP contribution in [-0.2, 0) is 0 Å². The lowest BCUT2D eigenvalue weighted by molar-refractivity contribution is 0.270. The largest absolute Gasteiger partial charge is 0.269 e. The topological polar surface area (TPSA) is 29.3 Å². The lowest BCUT2D eigenvalue weighted by Gasteiger charge is -2.15. The fourth-order valence-corrected chi connectivity index (χ4v) is 1.24. The Morgan fingerprint density at radius 3 is 1.58 bits per heavy atom. The zero-order chi connectivity index (χ0) is 9.23. The first-order chi connectivity index (χ1) is 5.81. The maximum Gasteiger partial charge on any atom is 0.0128 e. The highest BCUT2D eigenvalue weighted by atomic mass is 15.4. The number of unbranched alkanes of at least 4 members (excludes halogenated alkanes) is 4. The molecule has 0 spiro atoms. The first-order valence-electron chi connectivity index (χ1n) is 5.30. The molecule has 2 N–H and O–H groups in total. The Balaban J connectivity index is 3.04. The molecule has 0 aromatic heterocycles. The third kappa shape index (κ3) is 8.02. The Labute approximate surface area is 77.1 Å². The van der Waals surface area contributed by atoms with Gasteiger partial charge >= 0.3 is 0 Å². The van der Waals surface area contributed by atoms with Crippen molar-refractivity contribution < 1.29 is 0 Å². The van der Waals surface area contributed by atoms with Gasteiger partial charge in [-0.2, -0.15) is 0 Å². The second-order valence-corrected chi connectivity index (χ2v) is 3.45. The highest BCUT2D eigenvalue weighted by Gasteiger charge is 1.96. The normalized spacial score (nSPS) is 11.0. The van der Waals surface area contributed by atoms with Crippen molar-refractivity contribution in [2.24, 2.45) is 5.84 Å². The molecule has 12 heavy (non-hydrogen) atoms. The minimum atomic E-state index is 1.07. The summed E-state index contributed by atoms with van der Waals surface area (Å²) in [4.78, 5) is 0. The zero-order valence-electron chi connectivity index (χ0n) is 8.68. The van der Waals surface area contributed by atoms with Crippen molar-refractivity contribution in [3.8, 4) is 0 Å². The van der Waals surface area contributed by atoms with Crippen LogP contribution >= 0.6 is 0 Å². The maximum absolute atomic E-state index is 5.79. The molecule has 0 saturated carbocycles. The van der Waals surface area contributed by atoms with Gasteiger partial charge in [0.25, 0.3) is 0 Å². The Kier molecular flexibility index (Phi) is 8.95. The molecule has 0 aromatic rings. The van der Waals surface area contributed by atoms with Gasteiger partial charge in [0.1, 0.15) is 0 Å². The molecule has 0 rings (SSSR count). The molecule has 0 bridgehead atoms. The van der Waals surface area contributed by atoms with Crippen molar-refractivity contribution in [2.45, 2.75) is 52.4 Å². The minimum Gasteiger partial charge on any atom is -0.269 e. The first kappa shape index (κ1) is 11.9. The van der Waals surface area contributed by atoms with Crippen molar-refractivity contribution in [1.29, 1.82) is 0 Å². The molecule has 0 aliphatic heterocycles. The number of nitrogens with zero attached hydrogens (tertiary/aromatic N) is 1. The molecule has 0 amide bonds. The molecule has 0 aliphatic rings. The summed E-state index contributed by atoms with van der Waals surface area (Å²) < 4.78 is 0. The van der Waals surface area contributed by atoms with Gasteiger partial charge in [-0.1, -0.05) is 39.5 Å². The summed E-state index contributed by atoms with van der Waals surface area (Å²) in [5, 5.41) is 1.96. The number of hydrazine groups is 1. The van der Waals surface area contributed by atoms with E-state index in [2.05, 4.69) is 13.8 Å². The van der Waals surface area contributed by atoms with Gasteiger partial charge in [-0.15, -0.1) is 0 Å². The number of hydrogen-bond acceptors (Lipinski definition) is 2. The molecule has 2 heteroatoms. The standard InChI is InChI=1S/C10H24N2/c1-3-5-7-9-12(11)10-8-6-4-2/h3-11H2,1-2H3. The van der Waals surface area contributed by atoms with E-state index < -0.39 is 0 Å². The fourth-order valence-electron chi connectivity index (χ4n) is 1.24. The Bertz CT molecular complexity index is 73.9. The highest BCUT2D eigenvalue weighted by Crippen LogP contribution is 1.98. The van der Waals surface area contributed by atoms with Crippen molar-refractivity contribution in [1.82, 2.24) is 5.01 Å². The number of rotatable bonds is 8. The highest BCUT2D eigenvalue weighted by molar-refractivity contribution is 4.49. The second kappa shape index (κ2) is 9.01. The van der Waals surface area contributed by atoms with Crippen LogP contribution in [0.4, 0.5) is 0 Å². The fraction of sp³-hybridized carbons (Fsp3) is 1.00. The molecule has 0 atom stereocenters. The lowest BCUT2D eigenvalue weighted by Crippen LogP contribution is -2.32. The van der Waals surface area contributed by atoms with Crippen LogP contribution in [0.15, 0.2) is 0 Å². The molecule has 2 nitrogen and oxygen atoms in total. The summed E-state index contributed by atoms with van der Waals surface area (Å²) in [5.74, 6) is 5.79. The van der Waals surface area contributed by atoms with E-state index >= 15 is 0 Å². The summed E-state index contributed by atoms with van der Waals surface area (Å²) in [6.07, 6.45) is 7.67. The van der Waals surface area contributed by atoms with Crippen LogP contribution in [0.5, 0.6) is 0 Å². The van der Waals surface area contributed by atoms with E-state index in [0.29, 0.717) is 0 Å². The first-order valence-corrected chi connectivity index (χ1v) is 5.30. The van der Waals surface area contributed by atoms with E-state index in [9.17, 15) is 0 Å². The smallest absolute Gasteiger partial charge is 0.0128 e. The minimum absolute atomic E-state index is 1.07. The van der Waals surface area contributed by atoms with Crippen molar-refractivity contribution in [3.63, 3.8) is 0 Å². The van der Waals surface area contributed by atoms with Gasteiger partial charge in [0.15, 0.2) is 0 Å². The van der Waals surface area contributed by atoms with Gasteiger partial charge in [-0.25, -0.2) is 5.01 Å². The molecule has 74 valence electrons. The van der Waals surface area contributed by atoms with Crippen molar-refractivity contribution in [2.75, 3.05) is 13.1 Å². The van der Waals surface area contributed by atoms with Crippen LogP contribution < -0.4 is 5.84 Å². The molecular formula is C10H24N2. The van der Waals surface area contributed by atoms with Crippen LogP contribution in [0.1, 0.15) is 52.4 Å². The zero-order valence-corrected chi connectivity index (χ0v) is 8.68. The predicted molar refractivity (Wildman–Crippen MR) is 54.8 cm³/mol. The Morgan fingerprint density at radius 1 is 0.833 bits per heavy atom. The van der Waals surface area contributed by atoms with Gasteiger partial charge in [0, 0.05) is 13.1 Å². The SMILES string of the molecule is CCCCCN(N)CCCCC. The molecule has 0 radical (unpaired) electrons. The van der Waals surface area contributed by atoms with Crippen LogP contribution in [-0.4, -0.2) is 18.1 Å². The van der Waals surface area contributed by atoms with Gasteiger partial charge in [0.05, 0.1) is 0 Å². The molecule has 0 aromatic carbocycles. The van der Waals surface area contributed by atoms with E-state index in [0.717, 1.165) is 13.1 Å². The van der Waals surface area contributed by atoms with Crippen molar-refractivity contribution in [3.05, 3.63) is 0 Å². The third-order valence-electron chi connectivity index (χ3n) is 2.10. The van der Waals surface area contributed by atoms with Gasteiger partial charge in [0.2, 0.25) is 0 Å². The van der Waals surface area contributed by atoms with E-state index in [1.165, 1.54) is 38.5 Å². The van der Waals surface area contributed by atoms with Crippen LogP contribution in [0.2, 0.25) is 0 Å². The molecule has 0 saturated heterocycles. The second-order valence-electron chi connectivity index (χ2n) is 3.45. The van der Waals surface area contributed by atoms with E-state index in [-0.39, 0.29) is 0 Å². The molecule has 0 fully saturated rings. The summed E-state index contributed by atoms with van der Waals surface area (Å²) in [5.41, 5.74) is 0. The maximum atomic E-state index is 5.79. The third-order valence-corrected chi connectivity index (χ3v) is 2.10. The molecular weight excluding hydrogens is 148 g/mol. The van der Waals surface area contributed by atoms with Crippen molar-refractivity contribution >= 4 is 0 Å². The quantitative estimate of drug-likeness (QED) is 0.346. The molecule has 0 aliphatic carbocycles. The monoisotopic (exact) mass is 172 g/mol. The van der Waals surface area contributed by atoms with E-state index in [1.807, 2.05) is 5.01 Å². The number of hydrogen-bond donors (Lipinski definition) is 1. The van der Waals surface area contributed by atoms with E-state index in [1.54, 1.807) is 0 Å².